The van der Waals surface area contributed by atoms with Crippen molar-refractivity contribution in [2.45, 2.75) is 25.7 Å². The minimum absolute atomic E-state index is 0.598. The van der Waals surface area contributed by atoms with Crippen LogP contribution in [0.15, 0.2) is 67.0 Å². The minimum atomic E-state index is 0.598. The first-order valence-corrected chi connectivity index (χ1v) is 10.6. The Bertz CT molecular complexity index is 1190. The van der Waals surface area contributed by atoms with Gasteiger partial charge in [-0.3, -0.25) is 0 Å². The predicted molar refractivity (Wildman–Crippen MR) is 124 cm³/mol. The highest BCUT2D eigenvalue weighted by atomic mass is 16.5. The van der Waals surface area contributed by atoms with Crippen molar-refractivity contribution in [2.24, 2.45) is 0 Å². The highest BCUT2D eigenvalue weighted by molar-refractivity contribution is 5.93. The van der Waals surface area contributed by atoms with Crippen molar-refractivity contribution in [1.82, 2.24) is 15.2 Å². The Morgan fingerprint density at radius 1 is 0.935 bits per heavy atom. The van der Waals surface area contributed by atoms with E-state index in [-0.39, 0.29) is 0 Å². The quantitative estimate of drug-likeness (QED) is 0.438. The molecule has 31 heavy (non-hydrogen) atoms. The second kappa shape index (κ2) is 8.70. The first kappa shape index (κ1) is 19.5. The summed E-state index contributed by atoms with van der Waals surface area (Å²) in [5, 5.41) is 16.3. The van der Waals surface area contributed by atoms with Gasteiger partial charge in [0.1, 0.15) is 5.82 Å². The average Bonchev–Trinajstić information content (AvgIpc) is 2.81. The molecule has 1 aliphatic heterocycles. The fourth-order valence-electron chi connectivity index (χ4n) is 4.07. The van der Waals surface area contributed by atoms with Crippen molar-refractivity contribution in [3.63, 3.8) is 0 Å². The number of aryl methyl sites for hydroxylation is 1. The molecule has 1 fully saturated rings. The fraction of sp³-hybridized carbons (Fsp3) is 0.240. The van der Waals surface area contributed by atoms with Gasteiger partial charge in [0.25, 0.3) is 0 Å². The molecule has 0 spiro atoms. The summed E-state index contributed by atoms with van der Waals surface area (Å²) >= 11 is 0. The van der Waals surface area contributed by atoms with E-state index >= 15 is 0 Å². The fourth-order valence-corrected chi connectivity index (χ4v) is 4.07. The van der Waals surface area contributed by atoms with Gasteiger partial charge in [-0.25, -0.2) is 4.98 Å². The highest BCUT2D eigenvalue weighted by Gasteiger charge is 2.15. The van der Waals surface area contributed by atoms with Crippen LogP contribution in [0.4, 0.5) is 22.9 Å². The molecule has 0 bridgehead atoms. The first-order valence-electron chi connectivity index (χ1n) is 10.6. The lowest BCUT2D eigenvalue weighted by atomic mass is 9.92. The second-order valence-corrected chi connectivity index (χ2v) is 7.92. The molecule has 0 atom stereocenters. The van der Waals surface area contributed by atoms with Crippen LogP contribution in [0.3, 0.4) is 0 Å². The molecule has 2 aromatic heterocycles. The van der Waals surface area contributed by atoms with E-state index in [0.29, 0.717) is 5.92 Å². The molecular weight excluding hydrogens is 386 g/mol. The summed E-state index contributed by atoms with van der Waals surface area (Å²) in [7, 11) is 0. The summed E-state index contributed by atoms with van der Waals surface area (Å²) in [6.45, 7) is 3.76. The smallest absolute Gasteiger partial charge is 0.132 e. The Balaban J connectivity index is 1.32. The predicted octanol–water partition coefficient (Wildman–Crippen LogP) is 5.71. The lowest BCUT2D eigenvalue weighted by molar-refractivity contribution is 0.0853. The molecule has 6 nitrogen and oxygen atoms in total. The normalized spacial score (nSPS) is 14.5. The Labute approximate surface area is 181 Å². The third-order valence-electron chi connectivity index (χ3n) is 5.79. The standard InChI is InChI=1S/C25H25N5O/c1-17-3-2-4-22-23(16-27-30-25(17)22)28-21-9-12-26-24(15-21)29-20-7-5-18(6-8-20)19-10-13-31-14-11-19/h2-9,12,15-16,19H,10-11,13-14H2,1H3,(H2,26,28,29,30). The number of benzene rings is 2. The van der Waals surface area contributed by atoms with E-state index < -0.39 is 0 Å². The van der Waals surface area contributed by atoms with Crippen LogP contribution < -0.4 is 10.6 Å². The van der Waals surface area contributed by atoms with E-state index in [4.69, 9.17) is 4.74 Å². The molecule has 2 N–H and O–H groups in total. The topological polar surface area (TPSA) is 72.0 Å². The van der Waals surface area contributed by atoms with Gasteiger partial charge >= 0.3 is 0 Å². The molecule has 0 saturated carbocycles. The number of nitrogens with zero attached hydrogens (tertiary/aromatic N) is 3. The number of fused-ring (bicyclic) bond motifs is 1. The summed E-state index contributed by atoms with van der Waals surface area (Å²) in [5.74, 6) is 1.38. The van der Waals surface area contributed by atoms with E-state index in [1.807, 2.05) is 31.2 Å². The molecular formula is C25H25N5O. The zero-order chi connectivity index (χ0) is 21.0. The van der Waals surface area contributed by atoms with Crippen LogP contribution in [-0.2, 0) is 4.74 Å². The summed E-state index contributed by atoms with van der Waals surface area (Å²) in [5.41, 5.74) is 6.27. The van der Waals surface area contributed by atoms with Crippen molar-refractivity contribution < 1.29 is 4.74 Å². The summed E-state index contributed by atoms with van der Waals surface area (Å²) < 4.78 is 5.47. The van der Waals surface area contributed by atoms with Crippen molar-refractivity contribution in [1.29, 1.82) is 0 Å². The molecule has 0 amide bonds. The van der Waals surface area contributed by atoms with E-state index in [2.05, 4.69) is 56.1 Å². The molecule has 156 valence electrons. The molecule has 0 aliphatic carbocycles. The van der Waals surface area contributed by atoms with Crippen molar-refractivity contribution in [3.8, 4) is 0 Å². The number of rotatable bonds is 5. The lowest BCUT2D eigenvalue weighted by Gasteiger charge is -2.22. The van der Waals surface area contributed by atoms with E-state index in [9.17, 15) is 0 Å². The molecule has 1 saturated heterocycles. The van der Waals surface area contributed by atoms with Gasteiger partial charge in [0.15, 0.2) is 0 Å². The summed E-state index contributed by atoms with van der Waals surface area (Å²) in [6, 6.07) is 18.7. The van der Waals surface area contributed by atoms with Gasteiger partial charge in [-0.2, -0.15) is 10.2 Å². The number of anilines is 4. The number of nitrogens with one attached hydrogen (secondary N) is 2. The Kier molecular flexibility index (Phi) is 5.46. The minimum Gasteiger partial charge on any atom is -0.381 e. The molecule has 0 radical (unpaired) electrons. The summed E-state index contributed by atoms with van der Waals surface area (Å²) in [6.07, 6.45) is 5.74. The zero-order valence-corrected chi connectivity index (χ0v) is 17.5. The van der Waals surface area contributed by atoms with Gasteiger partial charge in [0, 0.05) is 42.2 Å². The number of ether oxygens (including phenoxy) is 1. The third kappa shape index (κ3) is 4.34. The SMILES string of the molecule is Cc1cccc2c(Nc3ccnc(Nc4ccc(C5CCOCC5)cc4)c3)cnnc12. The molecule has 5 rings (SSSR count). The van der Waals surface area contributed by atoms with Crippen molar-refractivity contribution >= 4 is 33.8 Å². The Morgan fingerprint density at radius 3 is 2.61 bits per heavy atom. The number of aromatic nitrogens is 3. The molecule has 4 aromatic rings. The maximum atomic E-state index is 5.47. The van der Waals surface area contributed by atoms with Crippen LogP contribution in [0.2, 0.25) is 0 Å². The van der Waals surface area contributed by atoms with Crippen molar-refractivity contribution in [3.05, 3.63) is 78.1 Å². The number of pyridine rings is 1. The monoisotopic (exact) mass is 411 g/mol. The van der Waals surface area contributed by atoms with Crippen LogP contribution in [0.1, 0.15) is 29.9 Å². The van der Waals surface area contributed by atoms with Crippen LogP contribution in [0.5, 0.6) is 0 Å². The van der Waals surface area contributed by atoms with Crippen LogP contribution in [0, 0.1) is 6.92 Å². The van der Waals surface area contributed by atoms with Gasteiger partial charge in [0.05, 0.1) is 17.4 Å². The lowest BCUT2D eigenvalue weighted by Crippen LogP contribution is -2.13. The van der Waals surface area contributed by atoms with E-state index in [1.54, 1.807) is 12.4 Å². The van der Waals surface area contributed by atoms with Gasteiger partial charge in [-0.1, -0.05) is 30.3 Å². The molecule has 3 heterocycles. The zero-order valence-electron chi connectivity index (χ0n) is 17.5. The molecule has 2 aromatic carbocycles. The van der Waals surface area contributed by atoms with E-state index in [0.717, 1.165) is 65.4 Å². The summed E-state index contributed by atoms with van der Waals surface area (Å²) in [4.78, 5) is 4.47. The second-order valence-electron chi connectivity index (χ2n) is 7.92. The van der Waals surface area contributed by atoms with Crippen molar-refractivity contribution in [2.75, 3.05) is 23.8 Å². The van der Waals surface area contributed by atoms with Crippen LogP contribution in [-0.4, -0.2) is 28.4 Å². The van der Waals surface area contributed by atoms with Gasteiger partial charge in [0.2, 0.25) is 0 Å². The largest absolute Gasteiger partial charge is 0.381 e. The first-order chi connectivity index (χ1) is 15.3. The van der Waals surface area contributed by atoms with Crippen LogP contribution in [0.25, 0.3) is 10.9 Å². The van der Waals surface area contributed by atoms with Gasteiger partial charge in [-0.15, -0.1) is 0 Å². The average molecular weight is 412 g/mol. The number of hydrogen-bond acceptors (Lipinski definition) is 6. The highest BCUT2D eigenvalue weighted by Crippen LogP contribution is 2.29. The third-order valence-corrected chi connectivity index (χ3v) is 5.79. The Morgan fingerprint density at radius 2 is 1.77 bits per heavy atom. The number of hydrogen-bond donors (Lipinski definition) is 2. The Hall–Kier alpha value is -3.51. The van der Waals surface area contributed by atoms with Gasteiger partial charge in [-0.05, 0) is 55.0 Å². The van der Waals surface area contributed by atoms with Crippen LogP contribution >= 0.6 is 0 Å². The molecule has 0 unspecified atom stereocenters. The maximum absolute atomic E-state index is 5.47. The molecule has 1 aliphatic rings. The molecule has 6 heteroatoms. The maximum Gasteiger partial charge on any atom is 0.132 e. The van der Waals surface area contributed by atoms with E-state index in [1.165, 1.54) is 5.56 Å². The van der Waals surface area contributed by atoms with Gasteiger partial charge < -0.3 is 15.4 Å².